The molecule has 1 aliphatic rings. The molecule has 146 valence electrons. The topological polar surface area (TPSA) is 74.8 Å². The van der Waals surface area contributed by atoms with Crippen molar-refractivity contribution in [1.82, 2.24) is 16.0 Å². The van der Waals surface area contributed by atoms with Crippen LogP contribution >= 0.6 is 24.0 Å². The van der Waals surface area contributed by atoms with Gasteiger partial charge in [-0.2, -0.15) is 0 Å². The van der Waals surface area contributed by atoms with Gasteiger partial charge in [0, 0.05) is 31.7 Å². The molecule has 0 bridgehead atoms. The van der Waals surface area contributed by atoms with Crippen LogP contribution in [-0.4, -0.2) is 45.2 Å². The fourth-order valence-corrected chi connectivity index (χ4v) is 3.02. The van der Waals surface area contributed by atoms with E-state index in [0.717, 1.165) is 11.9 Å². The normalized spacial score (nSPS) is 19.9. The lowest BCUT2D eigenvalue weighted by Gasteiger charge is -2.28. The molecular formula is C19H31IN4O2. The first-order valence-electron chi connectivity index (χ1n) is 9.01. The summed E-state index contributed by atoms with van der Waals surface area (Å²) in [5.74, 6) is 2.21. The van der Waals surface area contributed by atoms with Gasteiger partial charge in [-0.3, -0.25) is 9.79 Å². The van der Waals surface area contributed by atoms with Gasteiger partial charge in [0.25, 0.3) is 5.91 Å². The second-order valence-corrected chi connectivity index (χ2v) is 6.59. The SMILES string of the molecule is CN=C(NCCNC(=O)c1cccc(OC)c1)NC1CCC(C)CC1.I. The van der Waals surface area contributed by atoms with Crippen molar-refractivity contribution in [3.63, 3.8) is 0 Å². The zero-order valence-electron chi connectivity index (χ0n) is 15.9. The fraction of sp³-hybridized carbons (Fsp3) is 0.579. The standard InChI is InChI=1S/C19H30N4O2.HI/c1-14-7-9-16(10-8-14)23-19(20-2)22-12-11-21-18(24)15-5-4-6-17(13-15)25-3;/h4-6,13-14,16H,7-12H2,1-3H3,(H,21,24)(H2,20,22,23);1H. The lowest BCUT2D eigenvalue weighted by molar-refractivity contribution is 0.0954. The summed E-state index contributed by atoms with van der Waals surface area (Å²) < 4.78 is 5.14. The number of hydrogen-bond acceptors (Lipinski definition) is 3. The highest BCUT2D eigenvalue weighted by molar-refractivity contribution is 14.0. The van der Waals surface area contributed by atoms with Gasteiger partial charge >= 0.3 is 0 Å². The number of nitrogens with one attached hydrogen (secondary N) is 3. The molecule has 0 atom stereocenters. The Morgan fingerprint density at radius 1 is 1.19 bits per heavy atom. The van der Waals surface area contributed by atoms with Crippen molar-refractivity contribution in [3.05, 3.63) is 29.8 Å². The highest BCUT2D eigenvalue weighted by atomic mass is 127. The summed E-state index contributed by atoms with van der Waals surface area (Å²) in [4.78, 5) is 16.4. The number of benzene rings is 1. The highest BCUT2D eigenvalue weighted by Crippen LogP contribution is 2.23. The molecule has 26 heavy (non-hydrogen) atoms. The number of methoxy groups -OCH3 is 1. The van der Waals surface area contributed by atoms with Gasteiger partial charge in [0.2, 0.25) is 0 Å². The second-order valence-electron chi connectivity index (χ2n) is 6.59. The van der Waals surface area contributed by atoms with E-state index >= 15 is 0 Å². The molecule has 0 heterocycles. The maximum atomic E-state index is 12.1. The van der Waals surface area contributed by atoms with Gasteiger partial charge in [-0.1, -0.05) is 13.0 Å². The minimum atomic E-state index is -0.107. The molecule has 1 amide bonds. The number of guanidine groups is 1. The molecule has 0 saturated heterocycles. The fourth-order valence-electron chi connectivity index (χ4n) is 3.02. The number of hydrogen-bond donors (Lipinski definition) is 3. The Morgan fingerprint density at radius 3 is 2.54 bits per heavy atom. The Balaban J connectivity index is 0.00000338. The number of halogens is 1. The molecule has 0 aliphatic heterocycles. The van der Waals surface area contributed by atoms with Crippen LogP contribution in [0.4, 0.5) is 0 Å². The number of carbonyl (C=O) groups is 1. The van der Waals surface area contributed by atoms with E-state index in [1.807, 2.05) is 12.1 Å². The number of aliphatic imine (C=N–C) groups is 1. The van der Waals surface area contributed by atoms with Gasteiger partial charge < -0.3 is 20.7 Å². The summed E-state index contributed by atoms with van der Waals surface area (Å²) in [6, 6.07) is 7.63. The largest absolute Gasteiger partial charge is 0.497 e. The maximum absolute atomic E-state index is 12.1. The minimum Gasteiger partial charge on any atom is -0.497 e. The number of carbonyl (C=O) groups excluding carboxylic acids is 1. The predicted octanol–water partition coefficient (Wildman–Crippen LogP) is 2.79. The smallest absolute Gasteiger partial charge is 0.251 e. The number of amides is 1. The summed E-state index contributed by atoms with van der Waals surface area (Å²) in [5, 5.41) is 9.63. The monoisotopic (exact) mass is 474 g/mol. The molecule has 1 aromatic rings. The van der Waals surface area contributed by atoms with E-state index in [9.17, 15) is 4.79 Å². The molecule has 1 aromatic carbocycles. The molecule has 0 unspecified atom stereocenters. The van der Waals surface area contributed by atoms with Crippen LogP contribution in [0, 0.1) is 5.92 Å². The number of rotatable bonds is 6. The average molecular weight is 474 g/mol. The second kappa shape index (κ2) is 12.0. The van der Waals surface area contributed by atoms with Crippen LogP contribution in [0.1, 0.15) is 43.0 Å². The van der Waals surface area contributed by atoms with Crippen molar-refractivity contribution in [1.29, 1.82) is 0 Å². The predicted molar refractivity (Wildman–Crippen MR) is 117 cm³/mol. The minimum absolute atomic E-state index is 0. The average Bonchev–Trinajstić information content (AvgIpc) is 2.65. The molecule has 2 rings (SSSR count). The van der Waals surface area contributed by atoms with Crippen LogP contribution in [0.2, 0.25) is 0 Å². The van der Waals surface area contributed by atoms with Crippen LogP contribution in [0.15, 0.2) is 29.3 Å². The van der Waals surface area contributed by atoms with E-state index in [0.29, 0.717) is 30.4 Å². The summed E-state index contributed by atoms with van der Waals surface area (Å²) in [6.07, 6.45) is 4.92. The van der Waals surface area contributed by atoms with Crippen LogP contribution in [-0.2, 0) is 0 Å². The summed E-state index contributed by atoms with van der Waals surface area (Å²) in [6.45, 7) is 3.46. The van der Waals surface area contributed by atoms with E-state index in [4.69, 9.17) is 4.74 Å². The Morgan fingerprint density at radius 2 is 1.88 bits per heavy atom. The van der Waals surface area contributed by atoms with Crippen molar-refractivity contribution in [2.24, 2.45) is 10.9 Å². The molecule has 0 aromatic heterocycles. The van der Waals surface area contributed by atoms with E-state index in [-0.39, 0.29) is 29.9 Å². The van der Waals surface area contributed by atoms with Gasteiger partial charge in [0.15, 0.2) is 5.96 Å². The summed E-state index contributed by atoms with van der Waals surface area (Å²) in [7, 11) is 3.36. The van der Waals surface area contributed by atoms with Gasteiger partial charge in [0.05, 0.1) is 7.11 Å². The third-order valence-electron chi connectivity index (χ3n) is 4.62. The van der Waals surface area contributed by atoms with Crippen LogP contribution in [0.5, 0.6) is 5.75 Å². The van der Waals surface area contributed by atoms with Crippen molar-refractivity contribution >= 4 is 35.8 Å². The van der Waals surface area contributed by atoms with Gasteiger partial charge in [-0.25, -0.2) is 0 Å². The third kappa shape index (κ3) is 7.39. The van der Waals surface area contributed by atoms with Crippen LogP contribution < -0.4 is 20.7 Å². The molecule has 1 saturated carbocycles. The van der Waals surface area contributed by atoms with E-state index in [2.05, 4.69) is 27.9 Å². The molecule has 0 radical (unpaired) electrons. The zero-order valence-corrected chi connectivity index (χ0v) is 18.2. The van der Waals surface area contributed by atoms with Gasteiger partial charge in [-0.05, 0) is 49.8 Å². The Bertz CT molecular complexity index is 587. The number of nitrogens with zero attached hydrogens (tertiary/aromatic N) is 1. The Labute approximate surface area is 173 Å². The van der Waals surface area contributed by atoms with Crippen LogP contribution in [0.25, 0.3) is 0 Å². The van der Waals surface area contributed by atoms with Crippen molar-refractivity contribution in [2.75, 3.05) is 27.2 Å². The van der Waals surface area contributed by atoms with E-state index < -0.39 is 0 Å². The molecule has 1 aliphatic carbocycles. The number of ether oxygens (including phenoxy) is 1. The molecule has 6 nitrogen and oxygen atoms in total. The van der Waals surface area contributed by atoms with Crippen molar-refractivity contribution in [3.8, 4) is 5.75 Å². The first-order valence-corrected chi connectivity index (χ1v) is 9.01. The Kier molecular flexibility index (Phi) is 10.4. The molecule has 0 spiro atoms. The van der Waals surface area contributed by atoms with E-state index in [1.165, 1.54) is 25.7 Å². The van der Waals surface area contributed by atoms with Crippen LogP contribution in [0.3, 0.4) is 0 Å². The molecule has 1 fully saturated rings. The first kappa shape index (κ1) is 22.5. The quantitative estimate of drug-likeness (QED) is 0.257. The van der Waals surface area contributed by atoms with E-state index in [1.54, 1.807) is 26.3 Å². The Hall–Kier alpha value is -1.51. The third-order valence-corrected chi connectivity index (χ3v) is 4.62. The molecule has 7 heteroatoms. The lowest BCUT2D eigenvalue weighted by atomic mass is 9.87. The first-order chi connectivity index (χ1) is 12.1. The lowest BCUT2D eigenvalue weighted by Crippen LogP contribution is -2.46. The van der Waals surface area contributed by atoms with Crippen molar-refractivity contribution < 1.29 is 9.53 Å². The maximum Gasteiger partial charge on any atom is 0.251 e. The van der Waals surface area contributed by atoms with Gasteiger partial charge in [0.1, 0.15) is 5.75 Å². The molecular weight excluding hydrogens is 443 g/mol. The highest BCUT2D eigenvalue weighted by Gasteiger charge is 2.18. The summed E-state index contributed by atoms with van der Waals surface area (Å²) >= 11 is 0. The summed E-state index contributed by atoms with van der Waals surface area (Å²) in [5.41, 5.74) is 0.596. The molecule has 3 N–H and O–H groups in total. The zero-order chi connectivity index (χ0) is 18.1. The van der Waals surface area contributed by atoms with Crippen molar-refractivity contribution in [2.45, 2.75) is 38.6 Å². The van der Waals surface area contributed by atoms with Gasteiger partial charge in [-0.15, -0.1) is 24.0 Å².